The standard InChI is InChI=1S/C23H24N2O/c1-16(19-10-9-17-7-5-6-8-20(17)15-19)24-25-22(26)18-11-13-21(14-12-18)23(2,3)4/h5-15H,1-4H3,(H,25,26)/b24-16-. The Morgan fingerprint density at radius 1 is 0.846 bits per heavy atom. The van der Waals surface area contributed by atoms with Crippen LogP contribution in [0.25, 0.3) is 10.8 Å². The molecule has 0 atom stereocenters. The van der Waals surface area contributed by atoms with Gasteiger partial charge in [-0.05, 0) is 52.4 Å². The Labute approximate surface area is 154 Å². The minimum absolute atomic E-state index is 0.0693. The first-order chi connectivity index (χ1) is 12.3. The summed E-state index contributed by atoms with van der Waals surface area (Å²) >= 11 is 0. The average Bonchev–Trinajstić information content (AvgIpc) is 2.64. The van der Waals surface area contributed by atoms with E-state index in [4.69, 9.17) is 0 Å². The number of amides is 1. The van der Waals surface area contributed by atoms with Crippen LogP contribution in [0.5, 0.6) is 0 Å². The maximum Gasteiger partial charge on any atom is 0.271 e. The third-order valence-electron chi connectivity index (χ3n) is 4.51. The second-order valence-corrected chi connectivity index (χ2v) is 7.53. The average molecular weight is 344 g/mol. The van der Waals surface area contributed by atoms with Gasteiger partial charge < -0.3 is 0 Å². The van der Waals surface area contributed by atoms with Crippen LogP contribution in [0.1, 0.15) is 49.2 Å². The Bertz CT molecular complexity index is 963. The first-order valence-corrected chi connectivity index (χ1v) is 8.79. The van der Waals surface area contributed by atoms with Gasteiger partial charge in [0.05, 0.1) is 5.71 Å². The number of carbonyl (C=O) groups is 1. The van der Waals surface area contributed by atoms with Crippen molar-refractivity contribution in [1.82, 2.24) is 5.43 Å². The van der Waals surface area contributed by atoms with Crippen molar-refractivity contribution in [1.29, 1.82) is 0 Å². The summed E-state index contributed by atoms with van der Waals surface area (Å²) in [6.45, 7) is 8.35. The van der Waals surface area contributed by atoms with Crippen LogP contribution in [0.4, 0.5) is 0 Å². The minimum Gasteiger partial charge on any atom is -0.267 e. The number of hydrogen-bond donors (Lipinski definition) is 1. The highest BCUT2D eigenvalue weighted by molar-refractivity contribution is 6.03. The van der Waals surface area contributed by atoms with E-state index in [1.54, 1.807) is 0 Å². The van der Waals surface area contributed by atoms with E-state index in [2.05, 4.69) is 55.6 Å². The van der Waals surface area contributed by atoms with Crippen molar-refractivity contribution in [2.24, 2.45) is 5.10 Å². The molecule has 26 heavy (non-hydrogen) atoms. The summed E-state index contributed by atoms with van der Waals surface area (Å²) in [5.74, 6) is -0.203. The molecule has 132 valence electrons. The van der Waals surface area contributed by atoms with Crippen LogP contribution in [0.3, 0.4) is 0 Å². The topological polar surface area (TPSA) is 41.5 Å². The van der Waals surface area contributed by atoms with E-state index in [0.717, 1.165) is 16.7 Å². The predicted molar refractivity (Wildman–Crippen MR) is 109 cm³/mol. The Morgan fingerprint density at radius 3 is 2.12 bits per heavy atom. The molecule has 3 rings (SSSR count). The quantitative estimate of drug-likeness (QED) is 0.509. The van der Waals surface area contributed by atoms with Crippen LogP contribution in [0.2, 0.25) is 0 Å². The molecule has 3 nitrogen and oxygen atoms in total. The van der Waals surface area contributed by atoms with E-state index in [1.165, 1.54) is 10.9 Å². The van der Waals surface area contributed by atoms with Crippen molar-refractivity contribution in [3.63, 3.8) is 0 Å². The molecule has 1 N–H and O–H groups in total. The fraction of sp³-hybridized carbons (Fsp3) is 0.217. The first kappa shape index (κ1) is 17.9. The molecule has 0 unspecified atom stereocenters. The number of nitrogens with zero attached hydrogens (tertiary/aromatic N) is 1. The van der Waals surface area contributed by atoms with E-state index in [1.807, 2.05) is 49.4 Å². The van der Waals surface area contributed by atoms with Crippen LogP contribution in [0, 0.1) is 0 Å². The van der Waals surface area contributed by atoms with Gasteiger partial charge in [-0.3, -0.25) is 4.79 Å². The lowest BCUT2D eigenvalue weighted by molar-refractivity contribution is 0.0955. The predicted octanol–water partition coefficient (Wildman–Crippen LogP) is 5.29. The molecule has 0 aliphatic rings. The van der Waals surface area contributed by atoms with Gasteiger partial charge in [-0.1, -0.05) is 69.3 Å². The molecule has 0 radical (unpaired) electrons. The normalized spacial score (nSPS) is 12.2. The molecule has 0 fully saturated rings. The van der Waals surface area contributed by atoms with Gasteiger partial charge in [0.1, 0.15) is 0 Å². The lowest BCUT2D eigenvalue weighted by Crippen LogP contribution is -2.20. The molecule has 0 spiro atoms. The number of hydrazone groups is 1. The van der Waals surface area contributed by atoms with Crippen molar-refractivity contribution < 1.29 is 4.79 Å². The Kier molecular flexibility index (Phi) is 4.90. The van der Waals surface area contributed by atoms with Crippen LogP contribution in [-0.2, 0) is 5.41 Å². The second kappa shape index (κ2) is 7.12. The summed E-state index contributed by atoms with van der Waals surface area (Å²) in [7, 11) is 0. The van der Waals surface area contributed by atoms with Gasteiger partial charge >= 0.3 is 0 Å². The van der Waals surface area contributed by atoms with E-state index in [9.17, 15) is 4.79 Å². The zero-order valence-corrected chi connectivity index (χ0v) is 15.7. The van der Waals surface area contributed by atoms with Gasteiger partial charge in [0.15, 0.2) is 0 Å². The number of nitrogens with one attached hydrogen (secondary N) is 1. The summed E-state index contributed by atoms with van der Waals surface area (Å²) in [6.07, 6.45) is 0. The molecular weight excluding hydrogens is 320 g/mol. The highest BCUT2D eigenvalue weighted by Gasteiger charge is 2.14. The fourth-order valence-electron chi connectivity index (χ4n) is 2.80. The molecule has 1 amide bonds. The van der Waals surface area contributed by atoms with Gasteiger partial charge in [-0.2, -0.15) is 5.10 Å². The van der Waals surface area contributed by atoms with Crippen molar-refractivity contribution in [3.05, 3.63) is 83.4 Å². The van der Waals surface area contributed by atoms with Crippen LogP contribution < -0.4 is 5.43 Å². The molecule has 3 aromatic rings. The second-order valence-electron chi connectivity index (χ2n) is 7.53. The van der Waals surface area contributed by atoms with E-state index in [-0.39, 0.29) is 11.3 Å². The Hall–Kier alpha value is -2.94. The zero-order chi connectivity index (χ0) is 18.7. The molecule has 3 aromatic carbocycles. The summed E-state index contributed by atoms with van der Waals surface area (Å²) in [6, 6.07) is 22.0. The van der Waals surface area contributed by atoms with Gasteiger partial charge in [-0.15, -0.1) is 0 Å². The summed E-state index contributed by atoms with van der Waals surface area (Å²) in [5, 5.41) is 6.61. The van der Waals surface area contributed by atoms with Crippen LogP contribution in [0.15, 0.2) is 71.8 Å². The molecule has 0 saturated carbocycles. The van der Waals surface area contributed by atoms with Crippen LogP contribution in [-0.4, -0.2) is 11.6 Å². The molecule has 0 saturated heterocycles. The maximum absolute atomic E-state index is 12.3. The van der Waals surface area contributed by atoms with Gasteiger partial charge in [-0.25, -0.2) is 5.43 Å². The highest BCUT2D eigenvalue weighted by atomic mass is 16.2. The zero-order valence-electron chi connectivity index (χ0n) is 15.7. The molecule has 3 heteroatoms. The van der Waals surface area contributed by atoms with Gasteiger partial charge in [0.2, 0.25) is 0 Å². The third-order valence-corrected chi connectivity index (χ3v) is 4.51. The minimum atomic E-state index is -0.203. The number of hydrogen-bond acceptors (Lipinski definition) is 2. The van der Waals surface area contributed by atoms with E-state index < -0.39 is 0 Å². The van der Waals surface area contributed by atoms with E-state index in [0.29, 0.717) is 5.56 Å². The van der Waals surface area contributed by atoms with Crippen molar-refractivity contribution in [3.8, 4) is 0 Å². The SMILES string of the molecule is C/C(=N/NC(=O)c1ccc(C(C)(C)C)cc1)c1ccc2ccccc2c1. The molecule has 0 aromatic heterocycles. The number of benzene rings is 3. The van der Waals surface area contributed by atoms with Crippen molar-refractivity contribution in [2.45, 2.75) is 33.1 Å². The summed E-state index contributed by atoms with van der Waals surface area (Å²) in [5.41, 5.74) is 6.29. The summed E-state index contributed by atoms with van der Waals surface area (Å²) < 4.78 is 0. The molecule has 0 bridgehead atoms. The summed E-state index contributed by atoms with van der Waals surface area (Å²) in [4.78, 5) is 12.3. The lowest BCUT2D eigenvalue weighted by Gasteiger charge is -2.18. The highest BCUT2D eigenvalue weighted by Crippen LogP contribution is 2.22. The lowest BCUT2D eigenvalue weighted by atomic mass is 9.87. The monoisotopic (exact) mass is 344 g/mol. The molecule has 0 aliphatic heterocycles. The van der Waals surface area contributed by atoms with Gasteiger partial charge in [0.25, 0.3) is 5.91 Å². The van der Waals surface area contributed by atoms with E-state index >= 15 is 0 Å². The number of rotatable bonds is 3. The molecular formula is C23H24N2O. The van der Waals surface area contributed by atoms with Crippen molar-refractivity contribution >= 4 is 22.4 Å². The first-order valence-electron chi connectivity index (χ1n) is 8.79. The number of carbonyl (C=O) groups excluding carboxylic acids is 1. The van der Waals surface area contributed by atoms with Gasteiger partial charge in [0, 0.05) is 5.56 Å². The Balaban J connectivity index is 1.74. The fourth-order valence-corrected chi connectivity index (χ4v) is 2.80. The smallest absolute Gasteiger partial charge is 0.267 e. The number of fused-ring (bicyclic) bond motifs is 1. The Morgan fingerprint density at radius 2 is 1.46 bits per heavy atom. The van der Waals surface area contributed by atoms with Crippen LogP contribution >= 0.6 is 0 Å². The third kappa shape index (κ3) is 3.99. The largest absolute Gasteiger partial charge is 0.271 e. The maximum atomic E-state index is 12.3. The molecule has 0 heterocycles. The van der Waals surface area contributed by atoms with Crippen molar-refractivity contribution in [2.75, 3.05) is 0 Å². The molecule has 0 aliphatic carbocycles.